The number of rotatable bonds is 5. The average Bonchev–Trinajstić information content (AvgIpc) is 2.25. The van der Waals surface area contributed by atoms with Crippen LogP contribution in [0.4, 0.5) is 5.95 Å². The highest BCUT2D eigenvalue weighted by atomic mass is 15.2. The minimum absolute atomic E-state index is 0.502. The van der Waals surface area contributed by atoms with E-state index in [9.17, 15) is 0 Å². The molecule has 0 amide bonds. The van der Waals surface area contributed by atoms with E-state index in [2.05, 4.69) is 35.6 Å². The molecule has 0 unspecified atom stereocenters. The van der Waals surface area contributed by atoms with Gasteiger partial charge in [0, 0.05) is 37.1 Å². The minimum atomic E-state index is 0.502. The molecular formula is C12H22N4. The molecule has 1 heterocycles. The van der Waals surface area contributed by atoms with Gasteiger partial charge in [0.2, 0.25) is 5.95 Å². The monoisotopic (exact) mass is 222 g/mol. The molecule has 0 saturated carbocycles. The molecule has 0 aliphatic heterocycles. The molecule has 0 spiro atoms. The van der Waals surface area contributed by atoms with Crippen LogP contribution < -0.4 is 10.6 Å². The summed E-state index contributed by atoms with van der Waals surface area (Å²) in [6.07, 6.45) is 1.83. The van der Waals surface area contributed by atoms with E-state index in [0.717, 1.165) is 30.3 Å². The summed E-state index contributed by atoms with van der Waals surface area (Å²) in [6, 6.07) is 0. The highest BCUT2D eigenvalue weighted by molar-refractivity contribution is 5.32. The molecule has 4 heteroatoms. The average molecular weight is 222 g/mol. The third-order valence-corrected chi connectivity index (χ3v) is 2.54. The van der Waals surface area contributed by atoms with Crippen LogP contribution in [0.1, 0.15) is 32.0 Å². The topological polar surface area (TPSA) is 55.0 Å². The van der Waals surface area contributed by atoms with Gasteiger partial charge in [-0.1, -0.05) is 13.8 Å². The van der Waals surface area contributed by atoms with E-state index in [1.54, 1.807) is 0 Å². The van der Waals surface area contributed by atoms with Crippen molar-refractivity contribution in [2.45, 2.75) is 34.2 Å². The maximum Gasteiger partial charge on any atom is 0.225 e. The SMILES string of the molecule is CCN(CC(C)C)c1ncc(CN)c(C)n1. The first-order chi connectivity index (χ1) is 7.58. The Morgan fingerprint density at radius 3 is 2.56 bits per heavy atom. The van der Waals surface area contributed by atoms with Gasteiger partial charge in [0.1, 0.15) is 0 Å². The standard InChI is InChI=1S/C12H22N4/c1-5-16(8-9(2)3)12-14-7-11(6-13)10(4)15-12/h7,9H,5-6,8,13H2,1-4H3. The molecule has 90 valence electrons. The zero-order chi connectivity index (χ0) is 12.1. The molecule has 4 nitrogen and oxygen atoms in total. The van der Waals surface area contributed by atoms with Gasteiger partial charge in [-0.15, -0.1) is 0 Å². The van der Waals surface area contributed by atoms with Crippen molar-refractivity contribution < 1.29 is 0 Å². The van der Waals surface area contributed by atoms with Gasteiger partial charge in [0.05, 0.1) is 0 Å². The molecule has 0 fully saturated rings. The van der Waals surface area contributed by atoms with Crippen molar-refractivity contribution in [3.8, 4) is 0 Å². The summed E-state index contributed by atoms with van der Waals surface area (Å²) in [5, 5.41) is 0. The fourth-order valence-corrected chi connectivity index (χ4v) is 1.63. The van der Waals surface area contributed by atoms with E-state index in [4.69, 9.17) is 5.73 Å². The quantitative estimate of drug-likeness (QED) is 0.824. The third kappa shape index (κ3) is 3.17. The van der Waals surface area contributed by atoms with Crippen molar-refractivity contribution in [1.29, 1.82) is 0 Å². The molecule has 2 N–H and O–H groups in total. The van der Waals surface area contributed by atoms with Crippen LogP contribution in [0.3, 0.4) is 0 Å². The van der Waals surface area contributed by atoms with E-state index in [1.807, 2.05) is 13.1 Å². The van der Waals surface area contributed by atoms with Crippen LogP contribution in [-0.4, -0.2) is 23.1 Å². The van der Waals surface area contributed by atoms with Gasteiger partial charge in [-0.25, -0.2) is 9.97 Å². The fraction of sp³-hybridized carbons (Fsp3) is 0.667. The van der Waals surface area contributed by atoms with Crippen molar-refractivity contribution >= 4 is 5.95 Å². The van der Waals surface area contributed by atoms with Crippen molar-refractivity contribution in [2.24, 2.45) is 11.7 Å². The second-order valence-electron chi connectivity index (χ2n) is 4.42. The van der Waals surface area contributed by atoms with Crippen molar-refractivity contribution in [3.05, 3.63) is 17.5 Å². The summed E-state index contributed by atoms with van der Waals surface area (Å²) in [5.41, 5.74) is 7.60. The van der Waals surface area contributed by atoms with Crippen molar-refractivity contribution in [3.63, 3.8) is 0 Å². The van der Waals surface area contributed by atoms with E-state index in [1.165, 1.54) is 0 Å². The Morgan fingerprint density at radius 2 is 2.12 bits per heavy atom. The van der Waals surface area contributed by atoms with Gasteiger partial charge in [-0.05, 0) is 19.8 Å². The number of anilines is 1. The second kappa shape index (κ2) is 5.80. The first-order valence-electron chi connectivity index (χ1n) is 5.86. The van der Waals surface area contributed by atoms with Crippen molar-refractivity contribution in [2.75, 3.05) is 18.0 Å². The molecule has 0 aliphatic carbocycles. The first-order valence-corrected chi connectivity index (χ1v) is 5.86. The van der Waals surface area contributed by atoms with Crippen molar-refractivity contribution in [1.82, 2.24) is 9.97 Å². The largest absolute Gasteiger partial charge is 0.341 e. The maximum absolute atomic E-state index is 5.60. The summed E-state index contributed by atoms with van der Waals surface area (Å²) in [6.45, 7) is 10.9. The predicted octanol–water partition coefficient (Wildman–Crippen LogP) is 1.73. The summed E-state index contributed by atoms with van der Waals surface area (Å²) in [7, 11) is 0. The number of aromatic nitrogens is 2. The number of nitrogens with zero attached hydrogens (tertiary/aromatic N) is 3. The van der Waals surface area contributed by atoms with E-state index in [-0.39, 0.29) is 0 Å². The Bertz CT molecular complexity index is 336. The number of hydrogen-bond acceptors (Lipinski definition) is 4. The van der Waals surface area contributed by atoms with Crippen LogP contribution in [-0.2, 0) is 6.54 Å². The molecule has 0 saturated heterocycles. The van der Waals surface area contributed by atoms with E-state index < -0.39 is 0 Å². The summed E-state index contributed by atoms with van der Waals surface area (Å²) < 4.78 is 0. The Labute approximate surface area is 97.9 Å². The van der Waals surface area contributed by atoms with Gasteiger partial charge < -0.3 is 10.6 Å². The second-order valence-corrected chi connectivity index (χ2v) is 4.42. The van der Waals surface area contributed by atoms with Gasteiger partial charge in [0.25, 0.3) is 0 Å². The predicted molar refractivity (Wildman–Crippen MR) is 67.4 cm³/mol. The van der Waals surface area contributed by atoms with Crippen LogP contribution in [0.5, 0.6) is 0 Å². The van der Waals surface area contributed by atoms with Crippen LogP contribution in [0, 0.1) is 12.8 Å². The molecular weight excluding hydrogens is 200 g/mol. The first kappa shape index (κ1) is 12.9. The smallest absolute Gasteiger partial charge is 0.225 e. The van der Waals surface area contributed by atoms with Gasteiger partial charge in [-0.2, -0.15) is 0 Å². The Kier molecular flexibility index (Phi) is 4.68. The Morgan fingerprint density at radius 1 is 1.44 bits per heavy atom. The van der Waals surface area contributed by atoms with Crippen LogP contribution in [0.15, 0.2) is 6.20 Å². The zero-order valence-electron chi connectivity index (χ0n) is 10.7. The molecule has 1 rings (SSSR count). The van der Waals surface area contributed by atoms with E-state index in [0.29, 0.717) is 12.5 Å². The number of hydrogen-bond donors (Lipinski definition) is 1. The normalized spacial score (nSPS) is 10.9. The lowest BCUT2D eigenvalue weighted by Gasteiger charge is -2.23. The molecule has 0 aliphatic rings. The molecule has 1 aromatic rings. The molecule has 0 atom stereocenters. The summed E-state index contributed by atoms with van der Waals surface area (Å²) in [5.74, 6) is 1.42. The van der Waals surface area contributed by atoms with Gasteiger partial charge in [0.15, 0.2) is 0 Å². The highest BCUT2D eigenvalue weighted by Crippen LogP contribution is 2.12. The lowest BCUT2D eigenvalue weighted by atomic mass is 10.2. The van der Waals surface area contributed by atoms with Crippen LogP contribution in [0.25, 0.3) is 0 Å². The number of aryl methyl sites for hydroxylation is 1. The molecule has 0 radical (unpaired) electrons. The number of nitrogens with two attached hydrogens (primary N) is 1. The Hall–Kier alpha value is -1.16. The zero-order valence-corrected chi connectivity index (χ0v) is 10.7. The van der Waals surface area contributed by atoms with Crippen LogP contribution >= 0.6 is 0 Å². The molecule has 0 aromatic carbocycles. The molecule has 0 bridgehead atoms. The Balaban J connectivity index is 2.89. The lowest BCUT2D eigenvalue weighted by Crippen LogP contribution is -2.29. The summed E-state index contributed by atoms with van der Waals surface area (Å²) >= 11 is 0. The molecule has 1 aromatic heterocycles. The minimum Gasteiger partial charge on any atom is -0.341 e. The highest BCUT2D eigenvalue weighted by Gasteiger charge is 2.10. The van der Waals surface area contributed by atoms with E-state index >= 15 is 0 Å². The molecule has 16 heavy (non-hydrogen) atoms. The third-order valence-electron chi connectivity index (χ3n) is 2.54. The fourth-order valence-electron chi connectivity index (χ4n) is 1.63. The summed E-state index contributed by atoms with van der Waals surface area (Å²) in [4.78, 5) is 11.1. The van der Waals surface area contributed by atoms with Gasteiger partial charge in [-0.3, -0.25) is 0 Å². The maximum atomic E-state index is 5.60. The van der Waals surface area contributed by atoms with Gasteiger partial charge >= 0.3 is 0 Å². The van der Waals surface area contributed by atoms with Crippen LogP contribution in [0.2, 0.25) is 0 Å². The lowest BCUT2D eigenvalue weighted by molar-refractivity contribution is 0.608.